The van der Waals surface area contributed by atoms with Crippen molar-refractivity contribution in [1.82, 2.24) is 25.4 Å². The average Bonchev–Trinajstić information content (AvgIpc) is 3.03. The molecule has 7 heteroatoms. The fraction of sp³-hybridized carbons (Fsp3) is 0.500. The van der Waals surface area contributed by atoms with Crippen molar-refractivity contribution in [1.29, 1.82) is 0 Å². The van der Waals surface area contributed by atoms with Crippen LogP contribution in [-0.2, 0) is 25.9 Å². The van der Waals surface area contributed by atoms with Crippen LogP contribution in [0.3, 0.4) is 0 Å². The summed E-state index contributed by atoms with van der Waals surface area (Å²) in [5.41, 5.74) is 2.11. The van der Waals surface area contributed by atoms with Gasteiger partial charge in [-0.05, 0) is 49.4 Å². The third-order valence-electron chi connectivity index (χ3n) is 4.57. The van der Waals surface area contributed by atoms with Gasteiger partial charge >= 0.3 is 0 Å². The number of benzene rings is 1. The molecule has 25 heavy (non-hydrogen) atoms. The molecule has 0 radical (unpaired) electrons. The highest BCUT2D eigenvalue weighted by Gasteiger charge is 2.15. The second-order valence-electron chi connectivity index (χ2n) is 6.31. The van der Waals surface area contributed by atoms with Gasteiger partial charge in [-0.2, -0.15) is 0 Å². The Balaban J connectivity index is 1.49. The van der Waals surface area contributed by atoms with Crippen molar-refractivity contribution in [3.8, 4) is 0 Å². The minimum absolute atomic E-state index is 0.191. The second-order valence-corrected chi connectivity index (χ2v) is 6.31. The van der Waals surface area contributed by atoms with Crippen molar-refractivity contribution in [2.24, 2.45) is 4.99 Å². The number of aliphatic imine (C=N–C) groups is 1. The zero-order valence-corrected chi connectivity index (χ0v) is 14.8. The molecule has 2 aromatic rings. The maximum Gasteiger partial charge on any atom is 0.191 e. The standard InChI is InChI=1S/C18H25FN6/c1-13-11-15(19)7-6-14(13)8-9-21-18(20-2)22-12-17-24-23-16-5-3-4-10-25(16)17/h6-7,11H,3-5,8-10,12H2,1-2H3,(H2,20,21,22). The predicted octanol–water partition coefficient (Wildman–Crippen LogP) is 1.97. The van der Waals surface area contributed by atoms with E-state index in [1.54, 1.807) is 13.1 Å². The first-order valence-electron chi connectivity index (χ1n) is 8.78. The van der Waals surface area contributed by atoms with Crippen LogP contribution in [0.2, 0.25) is 0 Å². The van der Waals surface area contributed by atoms with Gasteiger partial charge in [0, 0.05) is 26.6 Å². The number of halogens is 1. The molecule has 0 bridgehead atoms. The summed E-state index contributed by atoms with van der Waals surface area (Å²) in [6.07, 6.45) is 4.20. The third-order valence-corrected chi connectivity index (χ3v) is 4.57. The molecule has 1 aromatic carbocycles. The fourth-order valence-corrected chi connectivity index (χ4v) is 3.14. The molecule has 0 saturated heterocycles. The van der Waals surface area contributed by atoms with Gasteiger partial charge in [-0.15, -0.1) is 10.2 Å². The molecule has 1 aromatic heterocycles. The Bertz CT molecular complexity index is 752. The molecule has 1 aliphatic rings. The van der Waals surface area contributed by atoms with Crippen LogP contribution in [0.1, 0.15) is 35.6 Å². The molecule has 2 N–H and O–H groups in total. The van der Waals surface area contributed by atoms with Crippen molar-refractivity contribution in [2.45, 2.75) is 45.7 Å². The third kappa shape index (κ3) is 4.35. The monoisotopic (exact) mass is 344 g/mol. The molecule has 0 saturated carbocycles. The highest BCUT2D eigenvalue weighted by Crippen LogP contribution is 2.14. The summed E-state index contributed by atoms with van der Waals surface area (Å²) in [6, 6.07) is 4.91. The molecule has 0 spiro atoms. The molecule has 0 amide bonds. The van der Waals surface area contributed by atoms with E-state index in [-0.39, 0.29) is 5.82 Å². The van der Waals surface area contributed by atoms with Crippen molar-refractivity contribution in [3.05, 3.63) is 46.8 Å². The van der Waals surface area contributed by atoms with Gasteiger partial charge in [0.2, 0.25) is 0 Å². The van der Waals surface area contributed by atoms with Crippen LogP contribution in [0, 0.1) is 12.7 Å². The van der Waals surface area contributed by atoms with Crippen molar-refractivity contribution in [3.63, 3.8) is 0 Å². The van der Waals surface area contributed by atoms with E-state index in [9.17, 15) is 4.39 Å². The zero-order valence-electron chi connectivity index (χ0n) is 14.8. The van der Waals surface area contributed by atoms with Gasteiger partial charge in [-0.25, -0.2) is 4.39 Å². The molecule has 0 unspecified atom stereocenters. The van der Waals surface area contributed by atoms with Crippen LogP contribution in [0.15, 0.2) is 23.2 Å². The maximum absolute atomic E-state index is 13.1. The quantitative estimate of drug-likeness (QED) is 0.643. The Kier molecular flexibility index (Phi) is 5.63. The van der Waals surface area contributed by atoms with Gasteiger partial charge in [-0.1, -0.05) is 6.07 Å². The minimum Gasteiger partial charge on any atom is -0.356 e. The van der Waals surface area contributed by atoms with E-state index in [0.29, 0.717) is 6.54 Å². The lowest BCUT2D eigenvalue weighted by Gasteiger charge is -2.16. The number of aromatic nitrogens is 3. The number of guanidine groups is 1. The maximum atomic E-state index is 13.1. The number of hydrogen-bond donors (Lipinski definition) is 2. The van der Waals surface area contributed by atoms with E-state index in [4.69, 9.17) is 0 Å². The molecule has 2 heterocycles. The first kappa shape index (κ1) is 17.4. The van der Waals surface area contributed by atoms with E-state index in [1.807, 2.05) is 13.0 Å². The Morgan fingerprint density at radius 2 is 2.16 bits per heavy atom. The van der Waals surface area contributed by atoms with E-state index < -0.39 is 0 Å². The van der Waals surface area contributed by atoms with E-state index in [1.165, 1.54) is 18.9 Å². The van der Waals surface area contributed by atoms with Crippen LogP contribution >= 0.6 is 0 Å². The second kappa shape index (κ2) is 8.09. The Morgan fingerprint density at radius 3 is 2.96 bits per heavy atom. The number of fused-ring (bicyclic) bond motifs is 1. The molecule has 6 nitrogen and oxygen atoms in total. The summed E-state index contributed by atoms with van der Waals surface area (Å²) < 4.78 is 15.3. The van der Waals surface area contributed by atoms with Gasteiger partial charge in [0.25, 0.3) is 0 Å². The highest BCUT2D eigenvalue weighted by atomic mass is 19.1. The Labute approximate surface area is 147 Å². The molecule has 134 valence electrons. The minimum atomic E-state index is -0.191. The molecule has 0 fully saturated rings. The van der Waals surface area contributed by atoms with Crippen LogP contribution < -0.4 is 10.6 Å². The highest BCUT2D eigenvalue weighted by molar-refractivity contribution is 5.79. The molecular weight excluding hydrogens is 319 g/mol. The lowest BCUT2D eigenvalue weighted by molar-refractivity contribution is 0.504. The van der Waals surface area contributed by atoms with Crippen LogP contribution in [-0.4, -0.2) is 34.3 Å². The van der Waals surface area contributed by atoms with Crippen molar-refractivity contribution in [2.75, 3.05) is 13.6 Å². The van der Waals surface area contributed by atoms with Gasteiger partial charge in [-0.3, -0.25) is 4.99 Å². The summed E-state index contributed by atoms with van der Waals surface area (Å²) in [7, 11) is 1.75. The summed E-state index contributed by atoms with van der Waals surface area (Å²) in [5.74, 6) is 2.57. The first-order valence-corrected chi connectivity index (χ1v) is 8.78. The SMILES string of the molecule is CN=C(NCCc1ccc(F)cc1C)NCc1nnc2n1CCCC2. The Hall–Kier alpha value is -2.44. The van der Waals surface area contributed by atoms with Crippen LogP contribution in [0.25, 0.3) is 0 Å². The fourth-order valence-electron chi connectivity index (χ4n) is 3.14. The Morgan fingerprint density at radius 1 is 1.28 bits per heavy atom. The number of hydrogen-bond acceptors (Lipinski definition) is 3. The van der Waals surface area contributed by atoms with Crippen LogP contribution in [0.5, 0.6) is 0 Å². The number of nitrogens with zero attached hydrogens (tertiary/aromatic N) is 4. The van der Waals surface area contributed by atoms with E-state index in [2.05, 4.69) is 30.4 Å². The largest absolute Gasteiger partial charge is 0.356 e. The number of aryl methyl sites for hydroxylation is 2. The van der Waals surface area contributed by atoms with Gasteiger partial charge in [0.15, 0.2) is 11.8 Å². The first-order chi connectivity index (χ1) is 12.2. The zero-order chi connectivity index (χ0) is 17.6. The molecular formula is C18H25FN6. The molecule has 0 aliphatic carbocycles. The van der Waals surface area contributed by atoms with Gasteiger partial charge in [0.05, 0.1) is 6.54 Å². The summed E-state index contributed by atoms with van der Waals surface area (Å²) >= 11 is 0. The summed E-state index contributed by atoms with van der Waals surface area (Å²) in [5, 5.41) is 15.1. The predicted molar refractivity (Wildman–Crippen MR) is 96.0 cm³/mol. The normalized spacial score (nSPS) is 14.3. The molecule has 3 rings (SSSR count). The number of rotatable bonds is 5. The number of nitrogens with one attached hydrogen (secondary N) is 2. The lowest BCUT2D eigenvalue weighted by Crippen LogP contribution is -2.38. The average molecular weight is 344 g/mol. The van der Waals surface area contributed by atoms with Crippen molar-refractivity contribution < 1.29 is 4.39 Å². The smallest absolute Gasteiger partial charge is 0.191 e. The molecule has 1 aliphatic heterocycles. The summed E-state index contributed by atoms with van der Waals surface area (Å²) in [4.78, 5) is 4.24. The molecule has 0 atom stereocenters. The van der Waals surface area contributed by atoms with Crippen LogP contribution in [0.4, 0.5) is 4.39 Å². The topological polar surface area (TPSA) is 67.1 Å². The van der Waals surface area contributed by atoms with Crippen molar-refractivity contribution >= 4 is 5.96 Å². The van der Waals surface area contributed by atoms with Gasteiger partial charge in [0.1, 0.15) is 11.6 Å². The van der Waals surface area contributed by atoms with E-state index >= 15 is 0 Å². The lowest BCUT2D eigenvalue weighted by atomic mass is 10.1. The van der Waals surface area contributed by atoms with E-state index in [0.717, 1.165) is 54.7 Å². The summed E-state index contributed by atoms with van der Waals surface area (Å²) in [6.45, 7) is 4.25. The van der Waals surface area contributed by atoms with Gasteiger partial charge < -0.3 is 15.2 Å².